The largest absolute Gasteiger partial charge is 0.397 e. The first-order chi connectivity index (χ1) is 8.75. The van der Waals surface area contributed by atoms with Gasteiger partial charge in [0.05, 0.1) is 17.1 Å². The first kappa shape index (κ1) is 11.0. The van der Waals surface area contributed by atoms with Crippen LogP contribution in [-0.2, 0) is 0 Å². The molecule has 0 saturated heterocycles. The zero-order chi connectivity index (χ0) is 12.5. The molecule has 0 unspecified atom stereocenters. The van der Waals surface area contributed by atoms with Gasteiger partial charge in [0.15, 0.2) is 11.0 Å². The summed E-state index contributed by atoms with van der Waals surface area (Å²) in [5, 5.41) is 10.9. The van der Waals surface area contributed by atoms with Gasteiger partial charge in [-0.15, -0.1) is 0 Å². The fourth-order valence-corrected chi connectivity index (χ4v) is 2.08. The van der Waals surface area contributed by atoms with Crippen molar-refractivity contribution in [3.8, 4) is 0 Å². The maximum atomic E-state index is 5.79. The predicted octanol–water partition coefficient (Wildman–Crippen LogP) is 3.31. The van der Waals surface area contributed by atoms with Gasteiger partial charge >= 0.3 is 0 Å². The maximum absolute atomic E-state index is 5.79. The van der Waals surface area contributed by atoms with Gasteiger partial charge < -0.3 is 11.1 Å². The van der Waals surface area contributed by atoms with Crippen LogP contribution in [0.1, 0.15) is 0 Å². The number of fused-ring (bicyclic) bond motifs is 1. The molecule has 5 nitrogen and oxygen atoms in total. The zero-order valence-corrected chi connectivity index (χ0v) is 10.8. The van der Waals surface area contributed by atoms with Crippen molar-refractivity contribution in [1.82, 2.24) is 10.3 Å². The summed E-state index contributed by atoms with van der Waals surface area (Å²) in [6, 6.07) is 11.4. The SMILES string of the molecule is Nc1ccc(Nc2ccccc2Br)c2nonc12. The van der Waals surface area contributed by atoms with E-state index in [0.29, 0.717) is 16.7 Å². The third-order valence-electron chi connectivity index (χ3n) is 2.59. The molecule has 6 heteroatoms. The molecule has 3 aromatic rings. The van der Waals surface area contributed by atoms with E-state index in [1.54, 1.807) is 6.07 Å². The van der Waals surface area contributed by atoms with Gasteiger partial charge in [-0.1, -0.05) is 12.1 Å². The third kappa shape index (κ3) is 1.80. The van der Waals surface area contributed by atoms with E-state index in [9.17, 15) is 0 Å². The molecule has 0 fully saturated rings. The van der Waals surface area contributed by atoms with Gasteiger partial charge in [0.1, 0.15) is 0 Å². The Hall–Kier alpha value is -2.08. The Balaban J connectivity index is 2.08. The lowest BCUT2D eigenvalue weighted by molar-refractivity contribution is 0.316. The Bertz CT molecular complexity index is 710. The van der Waals surface area contributed by atoms with Crippen LogP contribution in [0.2, 0.25) is 0 Å². The molecule has 18 heavy (non-hydrogen) atoms. The fraction of sp³-hybridized carbons (Fsp3) is 0. The minimum atomic E-state index is 0.545. The molecule has 0 bridgehead atoms. The molecule has 0 spiro atoms. The number of nitrogens with two attached hydrogens (primary N) is 1. The molecule has 1 heterocycles. The highest BCUT2D eigenvalue weighted by atomic mass is 79.9. The van der Waals surface area contributed by atoms with Gasteiger partial charge in [0, 0.05) is 4.47 Å². The van der Waals surface area contributed by atoms with Crippen LogP contribution in [0.4, 0.5) is 17.1 Å². The van der Waals surface area contributed by atoms with Crippen molar-refractivity contribution in [2.45, 2.75) is 0 Å². The number of benzene rings is 2. The van der Waals surface area contributed by atoms with Crippen LogP contribution >= 0.6 is 15.9 Å². The number of aromatic nitrogens is 2. The number of rotatable bonds is 2. The van der Waals surface area contributed by atoms with E-state index < -0.39 is 0 Å². The van der Waals surface area contributed by atoms with Crippen molar-refractivity contribution in [2.75, 3.05) is 11.1 Å². The Morgan fingerprint density at radius 2 is 1.78 bits per heavy atom. The van der Waals surface area contributed by atoms with Crippen molar-refractivity contribution >= 4 is 44.0 Å². The van der Waals surface area contributed by atoms with Crippen LogP contribution in [0.15, 0.2) is 45.5 Å². The number of hydrogen-bond acceptors (Lipinski definition) is 5. The molecule has 0 amide bonds. The third-order valence-corrected chi connectivity index (χ3v) is 3.28. The van der Waals surface area contributed by atoms with Gasteiger partial charge in [0.2, 0.25) is 0 Å². The van der Waals surface area contributed by atoms with Crippen molar-refractivity contribution in [1.29, 1.82) is 0 Å². The summed E-state index contributed by atoms with van der Waals surface area (Å²) in [7, 11) is 0. The summed E-state index contributed by atoms with van der Waals surface area (Å²) in [4.78, 5) is 0. The summed E-state index contributed by atoms with van der Waals surface area (Å²) in [6.45, 7) is 0. The molecule has 0 saturated carbocycles. The minimum Gasteiger partial charge on any atom is -0.397 e. The van der Waals surface area contributed by atoms with Gasteiger partial charge in [-0.2, -0.15) is 0 Å². The van der Waals surface area contributed by atoms with E-state index in [0.717, 1.165) is 15.8 Å². The molecule has 0 aliphatic rings. The summed E-state index contributed by atoms with van der Waals surface area (Å²) in [5.41, 5.74) is 9.25. The van der Waals surface area contributed by atoms with Crippen molar-refractivity contribution < 1.29 is 4.63 Å². The molecule has 0 radical (unpaired) electrons. The summed E-state index contributed by atoms with van der Waals surface area (Å²) >= 11 is 3.48. The van der Waals surface area contributed by atoms with E-state index in [1.807, 2.05) is 30.3 Å². The van der Waals surface area contributed by atoms with E-state index in [1.165, 1.54) is 0 Å². The Kier molecular flexibility index (Phi) is 2.64. The maximum Gasteiger partial charge on any atom is 0.160 e. The molecule has 90 valence electrons. The number of anilines is 3. The topological polar surface area (TPSA) is 77.0 Å². The van der Waals surface area contributed by atoms with Crippen LogP contribution in [-0.4, -0.2) is 10.3 Å². The zero-order valence-electron chi connectivity index (χ0n) is 9.22. The van der Waals surface area contributed by atoms with Crippen LogP contribution in [0.3, 0.4) is 0 Å². The summed E-state index contributed by atoms with van der Waals surface area (Å²) in [6.07, 6.45) is 0. The second-order valence-electron chi connectivity index (χ2n) is 3.77. The smallest absolute Gasteiger partial charge is 0.160 e. The number of halogens is 1. The predicted molar refractivity (Wildman–Crippen MR) is 73.6 cm³/mol. The molecule has 0 aliphatic heterocycles. The lowest BCUT2D eigenvalue weighted by Gasteiger charge is -2.08. The average molecular weight is 305 g/mol. The van der Waals surface area contributed by atoms with Crippen LogP contribution in [0.5, 0.6) is 0 Å². The molecular weight excluding hydrogens is 296 g/mol. The van der Waals surface area contributed by atoms with Gasteiger partial charge in [-0.05, 0) is 50.5 Å². The highest BCUT2D eigenvalue weighted by Gasteiger charge is 2.10. The van der Waals surface area contributed by atoms with E-state index >= 15 is 0 Å². The first-order valence-corrected chi connectivity index (χ1v) is 6.07. The lowest BCUT2D eigenvalue weighted by Crippen LogP contribution is -1.94. The van der Waals surface area contributed by atoms with Crippen LogP contribution < -0.4 is 11.1 Å². The number of nitrogens with one attached hydrogen (secondary N) is 1. The second-order valence-corrected chi connectivity index (χ2v) is 4.62. The molecule has 2 aromatic carbocycles. The number of hydrogen-bond donors (Lipinski definition) is 2. The monoisotopic (exact) mass is 304 g/mol. The fourth-order valence-electron chi connectivity index (χ4n) is 1.69. The Morgan fingerprint density at radius 3 is 2.61 bits per heavy atom. The first-order valence-electron chi connectivity index (χ1n) is 5.28. The molecule has 1 aromatic heterocycles. The van der Waals surface area contributed by atoms with Gasteiger partial charge in [-0.25, -0.2) is 4.63 Å². The van der Waals surface area contributed by atoms with Crippen LogP contribution in [0, 0.1) is 0 Å². The second kappa shape index (κ2) is 4.30. The number of nitrogen functional groups attached to an aromatic ring is 1. The molecule has 3 rings (SSSR count). The quantitative estimate of drug-likeness (QED) is 0.710. The normalized spacial score (nSPS) is 10.7. The Morgan fingerprint density at radius 1 is 1.00 bits per heavy atom. The van der Waals surface area contributed by atoms with Gasteiger partial charge in [0.25, 0.3) is 0 Å². The van der Waals surface area contributed by atoms with E-state index in [-0.39, 0.29) is 0 Å². The van der Waals surface area contributed by atoms with Gasteiger partial charge in [-0.3, -0.25) is 0 Å². The summed E-state index contributed by atoms with van der Waals surface area (Å²) < 4.78 is 5.69. The number of para-hydroxylation sites is 1. The molecule has 0 atom stereocenters. The highest BCUT2D eigenvalue weighted by molar-refractivity contribution is 9.10. The van der Waals surface area contributed by atoms with Crippen molar-refractivity contribution in [3.63, 3.8) is 0 Å². The highest BCUT2D eigenvalue weighted by Crippen LogP contribution is 2.30. The average Bonchev–Trinajstić information content (AvgIpc) is 2.85. The molecule has 3 N–H and O–H groups in total. The van der Waals surface area contributed by atoms with Crippen molar-refractivity contribution in [3.05, 3.63) is 40.9 Å². The molecular formula is C12H9BrN4O. The lowest BCUT2D eigenvalue weighted by atomic mass is 10.2. The standard InChI is InChI=1S/C12H9BrN4O/c13-7-3-1-2-4-9(7)15-10-6-5-8(14)11-12(10)17-18-16-11/h1-6,15H,14H2. The minimum absolute atomic E-state index is 0.545. The van der Waals surface area contributed by atoms with E-state index in [2.05, 4.69) is 31.6 Å². The van der Waals surface area contributed by atoms with E-state index in [4.69, 9.17) is 10.4 Å². The van der Waals surface area contributed by atoms with Crippen LogP contribution in [0.25, 0.3) is 11.0 Å². The van der Waals surface area contributed by atoms with Crippen molar-refractivity contribution in [2.24, 2.45) is 0 Å². The number of nitrogens with zero attached hydrogens (tertiary/aromatic N) is 2. The summed E-state index contributed by atoms with van der Waals surface area (Å²) in [5.74, 6) is 0. The Labute approximate surface area is 111 Å². The molecule has 0 aliphatic carbocycles.